The topological polar surface area (TPSA) is 29.5 Å². The summed E-state index contributed by atoms with van der Waals surface area (Å²) in [6, 6.07) is 0. The SMILES string of the molecule is CCCCCCCCCCCN1CCC(COC)CC1=O. The summed E-state index contributed by atoms with van der Waals surface area (Å²) in [7, 11) is 1.72. The second-order valence-electron chi connectivity index (χ2n) is 6.52. The summed E-state index contributed by atoms with van der Waals surface area (Å²) in [6.45, 7) is 4.90. The van der Waals surface area contributed by atoms with Crippen molar-refractivity contribution >= 4 is 5.91 Å². The maximum atomic E-state index is 12.0. The van der Waals surface area contributed by atoms with E-state index in [1.54, 1.807) is 7.11 Å². The summed E-state index contributed by atoms with van der Waals surface area (Å²) < 4.78 is 5.15. The largest absolute Gasteiger partial charge is 0.384 e. The fourth-order valence-electron chi connectivity index (χ4n) is 3.17. The lowest BCUT2D eigenvalue weighted by molar-refractivity contribution is -0.135. The first-order chi connectivity index (χ1) is 10.3. The molecule has 1 saturated heterocycles. The highest BCUT2D eigenvalue weighted by molar-refractivity contribution is 5.77. The summed E-state index contributed by atoms with van der Waals surface area (Å²) in [4.78, 5) is 14.1. The number of piperidine rings is 1. The average Bonchev–Trinajstić information content (AvgIpc) is 2.48. The van der Waals surface area contributed by atoms with Crippen molar-refractivity contribution in [1.82, 2.24) is 4.90 Å². The van der Waals surface area contributed by atoms with Crippen LogP contribution >= 0.6 is 0 Å². The van der Waals surface area contributed by atoms with Gasteiger partial charge in [0.2, 0.25) is 5.91 Å². The fourth-order valence-corrected chi connectivity index (χ4v) is 3.17. The lowest BCUT2D eigenvalue weighted by atomic mass is 9.97. The molecule has 3 nitrogen and oxygen atoms in total. The van der Waals surface area contributed by atoms with E-state index in [2.05, 4.69) is 11.8 Å². The molecule has 0 aliphatic carbocycles. The highest BCUT2D eigenvalue weighted by atomic mass is 16.5. The van der Waals surface area contributed by atoms with E-state index >= 15 is 0 Å². The first kappa shape index (κ1) is 18.5. The molecular formula is C18H35NO2. The van der Waals surface area contributed by atoms with Gasteiger partial charge in [-0.15, -0.1) is 0 Å². The normalized spacial score (nSPS) is 19.2. The number of ether oxygens (including phenoxy) is 1. The molecule has 0 saturated carbocycles. The quantitative estimate of drug-likeness (QED) is 0.500. The summed E-state index contributed by atoms with van der Waals surface area (Å²) in [5.41, 5.74) is 0. The Balaban J connectivity index is 1.95. The first-order valence-corrected chi connectivity index (χ1v) is 9.04. The van der Waals surface area contributed by atoms with Gasteiger partial charge in [-0.1, -0.05) is 58.3 Å². The van der Waals surface area contributed by atoms with Gasteiger partial charge in [0.15, 0.2) is 0 Å². The fraction of sp³-hybridized carbons (Fsp3) is 0.944. The third-order valence-electron chi connectivity index (χ3n) is 4.56. The van der Waals surface area contributed by atoms with Crippen LogP contribution in [0.25, 0.3) is 0 Å². The van der Waals surface area contributed by atoms with Crippen molar-refractivity contribution in [2.24, 2.45) is 5.92 Å². The van der Waals surface area contributed by atoms with Gasteiger partial charge in [-0.2, -0.15) is 0 Å². The van der Waals surface area contributed by atoms with Crippen LogP contribution in [0.5, 0.6) is 0 Å². The van der Waals surface area contributed by atoms with Crippen LogP contribution in [-0.2, 0) is 9.53 Å². The third kappa shape index (κ3) is 8.45. The Morgan fingerprint density at radius 3 is 2.24 bits per heavy atom. The van der Waals surface area contributed by atoms with Gasteiger partial charge in [0, 0.05) is 33.2 Å². The molecule has 0 bridgehead atoms. The van der Waals surface area contributed by atoms with Crippen LogP contribution in [0.2, 0.25) is 0 Å². The van der Waals surface area contributed by atoms with Crippen LogP contribution in [-0.4, -0.2) is 37.6 Å². The predicted molar refractivity (Wildman–Crippen MR) is 88.4 cm³/mol. The predicted octanol–water partition coefficient (Wildman–Crippen LogP) is 4.40. The standard InChI is InChI=1S/C18H35NO2/c1-3-4-5-6-7-8-9-10-11-13-19-14-12-17(16-21-2)15-18(19)20/h17H,3-16H2,1-2H3. The van der Waals surface area contributed by atoms with Gasteiger partial charge in [0.1, 0.15) is 0 Å². The van der Waals surface area contributed by atoms with E-state index in [1.165, 1.54) is 57.8 Å². The number of hydrogen-bond acceptors (Lipinski definition) is 2. The van der Waals surface area contributed by atoms with E-state index in [-0.39, 0.29) is 0 Å². The van der Waals surface area contributed by atoms with Gasteiger partial charge in [0.05, 0.1) is 0 Å². The average molecular weight is 297 g/mol. The number of likely N-dealkylation sites (tertiary alicyclic amines) is 1. The van der Waals surface area contributed by atoms with Gasteiger partial charge < -0.3 is 9.64 Å². The van der Waals surface area contributed by atoms with Crippen molar-refractivity contribution in [3.05, 3.63) is 0 Å². The van der Waals surface area contributed by atoms with Crippen molar-refractivity contribution in [2.45, 2.75) is 77.6 Å². The highest BCUT2D eigenvalue weighted by Gasteiger charge is 2.24. The van der Waals surface area contributed by atoms with E-state index < -0.39 is 0 Å². The summed E-state index contributed by atoms with van der Waals surface area (Å²) in [5.74, 6) is 0.782. The van der Waals surface area contributed by atoms with E-state index in [9.17, 15) is 4.79 Å². The minimum atomic E-state index is 0.336. The molecule has 1 heterocycles. The molecule has 1 aliphatic heterocycles. The van der Waals surface area contributed by atoms with E-state index in [0.717, 1.165) is 26.1 Å². The summed E-state index contributed by atoms with van der Waals surface area (Å²) in [6.07, 6.45) is 13.9. The van der Waals surface area contributed by atoms with Crippen LogP contribution < -0.4 is 0 Å². The van der Waals surface area contributed by atoms with Crippen molar-refractivity contribution in [2.75, 3.05) is 26.8 Å². The van der Waals surface area contributed by atoms with Crippen molar-refractivity contribution in [3.63, 3.8) is 0 Å². The molecule has 1 aliphatic rings. The third-order valence-corrected chi connectivity index (χ3v) is 4.56. The van der Waals surface area contributed by atoms with Crippen molar-refractivity contribution in [3.8, 4) is 0 Å². The number of nitrogens with zero attached hydrogens (tertiary/aromatic N) is 1. The molecule has 1 amide bonds. The number of amides is 1. The van der Waals surface area contributed by atoms with Gasteiger partial charge >= 0.3 is 0 Å². The molecular weight excluding hydrogens is 262 g/mol. The number of unbranched alkanes of at least 4 members (excludes halogenated alkanes) is 8. The summed E-state index contributed by atoms with van der Waals surface area (Å²) >= 11 is 0. The molecule has 0 spiro atoms. The second kappa shape index (κ2) is 12.0. The maximum absolute atomic E-state index is 12.0. The van der Waals surface area contributed by atoms with Crippen molar-refractivity contribution < 1.29 is 9.53 Å². The summed E-state index contributed by atoms with van der Waals surface area (Å²) in [5, 5.41) is 0. The molecule has 1 fully saturated rings. The zero-order valence-corrected chi connectivity index (χ0v) is 14.2. The molecule has 0 N–H and O–H groups in total. The van der Waals surface area contributed by atoms with Crippen molar-refractivity contribution in [1.29, 1.82) is 0 Å². The van der Waals surface area contributed by atoms with E-state index in [0.29, 0.717) is 18.2 Å². The van der Waals surface area contributed by atoms with Crippen LogP contribution in [0.4, 0.5) is 0 Å². The zero-order valence-electron chi connectivity index (χ0n) is 14.2. The maximum Gasteiger partial charge on any atom is 0.222 e. The minimum absolute atomic E-state index is 0.336. The zero-order chi connectivity index (χ0) is 15.3. The molecule has 124 valence electrons. The Morgan fingerprint density at radius 1 is 1.05 bits per heavy atom. The first-order valence-electron chi connectivity index (χ1n) is 9.04. The van der Waals surface area contributed by atoms with Gasteiger partial charge in [0.25, 0.3) is 0 Å². The molecule has 21 heavy (non-hydrogen) atoms. The van der Waals surface area contributed by atoms with E-state index in [4.69, 9.17) is 4.74 Å². The van der Waals surface area contributed by atoms with Crippen LogP contribution in [0, 0.1) is 5.92 Å². The Hall–Kier alpha value is -0.570. The van der Waals surface area contributed by atoms with Crippen LogP contribution in [0.3, 0.4) is 0 Å². The van der Waals surface area contributed by atoms with Gasteiger partial charge in [-0.25, -0.2) is 0 Å². The van der Waals surface area contributed by atoms with Crippen LogP contribution in [0.15, 0.2) is 0 Å². The smallest absolute Gasteiger partial charge is 0.222 e. The minimum Gasteiger partial charge on any atom is -0.384 e. The monoisotopic (exact) mass is 297 g/mol. The number of carbonyl (C=O) groups is 1. The highest BCUT2D eigenvalue weighted by Crippen LogP contribution is 2.19. The second-order valence-corrected chi connectivity index (χ2v) is 6.52. The number of methoxy groups -OCH3 is 1. The molecule has 0 aromatic rings. The molecule has 0 aromatic carbocycles. The number of carbonyl (C=O) groups excluding carboxylic acids is 1. The molecule has 0 aromatic heterocycles. The molecule has 1 atom stereocenters. The Kier molecular flexibility index (Phi) is 10.6. The van der Waals surface area contributed by atoms with Gasteiger partial charge in [-0.05, 0) is 18.8 Å². The van der Waals surface area contributed by atoms with Gasteiger partial charge in [-0.3, -0.25) is 4.79 Å². The number of hydrogen-bond donors (Lipinski definition) is 0. The molecule has 3 heteroatoms. The lowest BCUT2D eigenvalue weighted by Crippen LogP contribution is -2.40. The molecule has 1 rings (SSSR count). The lowest BCUT2D eigenvalue weighted by Gasteiger charge is -2.31. The van der Waals surface area contributed by atoms with Crippen LogP contribution in [0.1, 0.15) is 77.6 Å². The van der Waals surface area contributed by atoms with E-state index in [1.807, 2.05) is 0 Å². The molecule has 0 radical (unpaired) electrons. The Labute approximate surface area is 131 Å². The Morgan fingerprint density at radius 2 is 1.67 bits per heavy atom. The Bertz CT molecular complexity index is 268. The number of rotatable bonds is 12. The molecule has 1 unspecified atom stereocenters.